The van der Waals surface area contributed by atoms with Crippen molar-refractivity contribution in [3.63, 3.8) is 0 Å². The molecule has 3 aromatic carbocycles. The number of para-hydroxylation sites is 1. The number of nitrogens with one attached hydrogen (secondary N) is 1. The Kier molecular flexibility index (Phi) is 7.87. The number of anilines is 1. The standard InChI is InChI=1S/C27H25F3N4O2S/c1-17-10-12-22(13-11-17)34-23(15-36-25-18(2)6-4-7-19(25)3)32-33-26(34)37-16-24(35)31-21-9-5-8-20(14-21)27(28,29)30/h4-14H,15-16H2,1-3H3,(H,31,35). The zero-order valence-electron chi connectivity index (χ0n) is 20.5. The zero-order chi connectivity index (χ0) is 26.6. The molecular formula is C27H25F3N4O2S. The molecule has 0 aliphatic rings. The quantitative estimate of drug-likeness (QED) is 0.265. The number of hydrogen-bond donors (Lipinski definition) is 1. The molecule has 0 saturated carbocycles. The van der Waals surface area contributed by atoms with Crippen molar-refractivity contribution in [2.45, 2.75) is 38.7 Å². The van der Waals surface area contributed by atoms with Crippen LogP contribution >= 0.6 is 11.8 Å². The lowest BCUT2D eigenvalue weighted by Gasteiger charge is -2.14. The van der Waals surface area contributed by atoms with E-state index in [0.717, 1.165) is 52.0 Å². The minimum Gasteiger partial charge on any atom is -0.485 e. The summed E-state index contributed by atoms with van der Waals surface area (Å²) in [5.74, 6) is 0.789. The van der Waals surface area contributed by atoms with Gasteiger partial charge in [-0.2, -0.15) is 13.2 Å². The summed E-state index contributed by atoms with van der Waals surface area (Å²) < 4.78 is 46.8. The summed E-state index contributed by atoms with van der Waals surface area (Å²) in [7, 11) is 0. The molecule has 1 N–H and O–H groups in total. The van der Waals surface area contributed by atoms with Crippen LogP contribution in [0.15, 0.2) is 71.9 Å². The molecule has 37 heavy (non-hydrogen) atoms. The summed E-state index contributed by atoms with van der Waals surface area (Å²) in [5, 5.41) is 11.5. The molecule has 0 unspecified atom stereocenters. The number of thioether (sulfide) groups is 1. The van der Waals surface area contributed by atoms with Gasteiger partial charge in [-0.05, 0) is 62.2 Å². The SMILES string of the molecule is Cc1ccc(-n2c(COc3c(C)cccc3C)nnc2SCC(=O)Nc2cccc(C(F)(F)F)c2)cc1. The van der Waals surface area contributed by atoms with Gasteiger partial charge in [0.05, 0.1) is 11.3 Å². The summed E-state index contributed by atoms with van der Waals surface area (Å²) in [6, 6.07) is 18.2. The lowest BCUT2D eigenvalue weighted by atomic mass is 10.1. The van der Waals surface area contributed by atoms with Crippen molar-refractivity contribution < 1.29 is 22.7 Å². The van der Waals surface area contributed by atoms with Crippen LogP contribution in [0.5, 0.6) is 5.75 Å². The van der Waals surface area contributed by atoms with E-state index >= 15 is 0 Å². The molecule has 192 valence electrons. The van der Waals surface area contributed by atoms with Crippen molar-refractivity contribution in [3.8, 4) is 11.4 Å². The Morgan fingerprint density at radius 3 is 2.32 bits per heavy atom. The van der Waals surface area contributed by atoms with Crippen LogP contribution in [0.4, 0.5) is 18.9 Å². The highest BCUT2D eigenvalue weighted by atomic mass is 32.2. The van der Waals surface area contributed by atoms with Gasteiger partial charge in [-0.15, -0.1) is 10.2 Å². The van der Waals surface area contributed by atoms with Crippen molar-refractivity contribution in [2.75, 3.05) is 11.1 Å². The molecule has 0 atom stereocenters. The summed E-state index contributed by atoms with van der Waals surface area (Å²) in [4.78, 5) is 12.5. The van der Waals surface area contributed by atoms with Crippen LogP contribution in [-0.2, 0) is 17.6 Å². The third-order valence-corrected chi connectivity index (χ3v) is 6.48. The number of aryl methyl sites for hydroxylation is 3. The highest BCUT2D eigenvalue weighted by molar-refractivity contribution is 7.99. The van der Waals surface area contributed by atoms with E-state index in [1.165, 1.54) is 12.1 Å². The lowest BCUT2D eigenvalue weighted by molar-refractivity contribution is -0.137. The third-order valence-electron chi connectivity index (χ3n) is 5.55. The number of carbonyl (C=O) groups is 1. The molecule has 0 radical (unpaired) electrons. The molecule has 0 saturated heterocycles. The van der Waals surface area contributed by atoms with E-state index in [2.05, 4.69) is 15.5 Å². The fourth-order valence-corrected chi connectivity index (χ4v) is 4.48. The summed E-state index contributed by atoms with van der Waals surface area (Å²) in [5.41, 5.74) is 3.13. The van der Waals surface area contributed by atoms with Crippen molar-refractivity contribution in [1.82, 2.24) is 14.8 Å². The number of hydrogen-bond acceptors (Lipinski definition) is 5. The van der Waals surface area contributed by atoms with Gasteiger partial charge >= 0.3 is 6.18 Å². The Hall–Kier alpha value is -3.79. The van der Waals surface area contributed by atoms with E-state index in [0.29, 0.717) is 11.0 Å². The van der Waals surface area contributed by atoms with Crippen molar-refractivity contribution in [2.24, 2.45) is 0 Å². The first kappa shape index (κ1) is 26.3. The van der Waals surface area contributed by atoms with Gasteiger partial charge in [-0.25, -0.2) is 0 Å². The van der Waals surface area contributed by atoms with E-state index in [4.69, 9.17) is 4.74 Å². The van der Waals surface area contributed by atoms with Gasteiger partial charge in [-0.1, -0.05) is 53.7 Å². The highest BCUT2D eigenvalue weighted by Crippen LogP contribution is 2.31. The summed E-state index contributed by atoms with van der Waals surface area (Å²) >= 11 is 1.13. The maximum Gasteiger partial charge on any atom is 0.416 e. The molecule has 1 heterocycles. The second kappa shape index (κ2) is 11.1. The fourth-order valence-electron chi connectivity index (χ4n) is 3.70. The average Bonchev–Trinajstić information content (AvgIpc) is 3.25. The normalized spacial score (nSPS) is 11.4. The van der Waals surface area contributed by atoms with Crippen molar-refractivity contribution in [3.05, 3.63) is 94.8 Å². The third kappa shape index (κ3) is 6.51. The smallest absolute Gasteiger partial charge is 0.416 e. The van der Waals surface area contributed by atoms with Gasteiger partial charge in [0, 0.05) is 11.4 Å². The first-order valence-corrected chi connectivity index (χ1v) is 12.4. The van der Waals surface area contributed by atoms with E-state index in [-0.39, 0.29) is 18.0 Å². The molecule has 0 fully saturated rings. The lowest BCUT2D eigenvalue weighted by Crippen LogP contribution is -2.15. The minimum absolute atomic E-state index is 0.0714. The topological polar surface area (TPSA) is 69.0 Å². The van der Waals surface area contributed by atoms with Gasteiger partial charge in [0.1, 0.15) is 12.4 Å². The first-order valence-electron chi connectivity index (χ1n) is 11.4. The predicted molar refractivity (Wildman–Crippen MR) is 137 cm³/mol. The van der Waals surface area contributed by atoms with Crippen molar-refractivity contribution >= 4 is 23.4 Å². The second-order valence-electron chi connectivity index (χ2n) is 8.49. The van der Waals surface area contributed by atoms with Crippen LogP contribution in [-0.4, -0.2) is 26.4 Å². The predicted octanol–water partition coefficient (Wildman–Crippen LogP) is 6.52. The van der Waals surface area contributed by atoms with Crippen LogP contribution in [0, 0.1) is 20.8 Å². The Balaban J connectivity index is 1.52. The van der Waals surface area contributed by atoms with Gasteiger partial charge in [-0.3, -0.25) is 9.36 Å². The van der Waals surface area contributed by atoms with Gasteiger partial charge in [0.15, 0.2) is 11.0 Å². The van der Waals surface area contributed by atoms with Crippen molar-refractivity contribution in [1.29, 1.82) is 0 Å². The first-order chi connectivity index (χ1) is 17.6. The number of benzene rings is 3. The van der Waals surface area contributed by atoms with E-state index < -0.39 is 17.6 Å². The molecule has 1 aromatic heterocycles. The minimum atomic E-state index is -4.49. The summed E-state index contributed by atoms with van der Waals surface area (Å²) in [6.45, 7) is 6.08. The van der Waals surface area contributed by atoms with Crippen LogP contribution < -0.4 is 10.1 Å². The number of nitrogens with zero attached hydrogens (tertiary/aromatic N) is 3. The molecule has 0 bridgehead atoms. The molecule has 10 heteroatoms. The van der Waals surface area contributed by atoms with E-state index in [1.807, 2.05) is 67.8 Å². The van der Waals surface area contributed by atoms with E-state index in [9.17, 15) is 18.0 Å². The van der Waals surface area contributed by atoms with Crippen LogP contribution in [0.25, 0.3) is 5.69 Å². The number of carbonyl (C=O) groups excluding carboxylic acids is 1. The van der Waals surface area contributed by atoms with Gasteiger partial charge in [0.25, 0.3) is 0 Å². The van der Waals surface area contributed by atoms with Gasteiger partial charge in [0.2, 0.25) is 5.91 Å². The van der Waals surface area contributed by atoms with Crippen LogP contribution in [0.3, 0.4) is 0 Å². The molecule has 0 aliphatic carbocycles. The number of halogens is 3. The monoisotopic (exact) mass is 526 g/mol. The van der Waals surface area contributed by atoms with Crippen LogP contribution in [0.2, 0.25) is 0 Å². The number of rotatable bonds is 8. The maximum atomic E-state index is 13.0. The maximum absolute atomic E-state index is 13.0. The Bertz CT molecular complexity index is 1380. The Morgan fingerprint density at radius 2 is 1.65 bits per heavy atom. The molecule has 6 nitrogen and oxygen atoms in total. The molecular weight excluding hydrogens is 501 g/mol. The Labute approximate surface area is 216 Å². The number of alkyl halides is 3. The molecule has 0 aliphatic heterocycles. The molecule has 1 amide bonds. The van der Waals surface area contributed by atoms with Crippen LogP contribution in [0.1, 0.15) is 28.1 Å². The van der Waals surface area contributed by atoms with E-state index in [1.54, 1.807) is 0 Å². The molecule has 0 spiro atoms. The average molecular weight is 527 g/mol. The Morgan fingerprint density at radius 1 is 0.973 bits per heavy atom. The summed E-state index contributed by atoms with van der Waals surface area (Å²) in [6.07, 6.45) is -4.49. The molecule has 4 rings (SSSR count). The highest BCUT2D eigenvalue weighted by Gasteiger charge is 2.30. The molecule has 4 aromatic rings. The van der Waals surface area contributed by atoms with Gasteiger partial charge < -0.3 is 10.1 Å². The fraction of sp³-hybridized carbons (Fsp3) is 0.222. The number of amides is 1. The zero-order valence-corrected chi connectivity index (χ0v) is 21.3. The number of aromatic nitrogens is 3. The number of ether oxygens (including phenoxy) is 1. The largest absolute Gasteiger partial charge is 0.485 e. The second-order valence-corrected chi connectivity index (χ2v) is 9.44.